The van der Waals surface area contributed by atoms with Gasteiger partial charge in [0, 0.05) is 32.7 Å². The van der Waals surface area contributed by atoms with Crippen LogP contribution in [0.4, 0.5) is 0 Å². The van der Waals surface area contributed by atoms with E-state index in [0.717, 1.165) is 19.6 Å². The number of likely N-dealkylation sites (N-methyl/N-ethyl adjacent to an activating group) is 1. The Hall–Kier alpha value is 1.02. The average Bonchev–Trinajstić information content (AvgIpc) is 2.34. The molecule has 1 heterocycles. The minimum absolute atomic E-state index is 0. The molecule has 0 saturated carbocycles. The minimum Gasteiger partial charge on any atom is -0.658 e. The van der Waals surface area contributed by atoms with Crippen LogP contribution in [0.2, 0.25) is 0 Å². The van der Waals surface area contributed by atoms with Crippen LogP contribution in [-0.4, -0.2) is 25.7 Å². The number of nitrogens with zero attached hydrogens (tertiary/aromatic N) is 1. The van der Waals surface area contributed by atoms with Crippen molar-refractivity contribution in [2.75, 3.05) is 19.6 Å². The zero-order valence-electron chi connectivity index (χ0n) is 6.64. The van der Waals surface area contributed by atoms with E-state index in [1.165, 1.54) is 12.8 Å². The van der Waals surface area contributed by atoms with Crippen molar-refractivity contribution in [1.82, 2.24) is 5.32 Å². The summed E-state index contributed by atoms with van der Waals surface area (Å²) in [5, 5.41) is 7.71. The maximum absolute atomic E-state index is 4.41. The van der Waals surface area contributed by atoms with Crippen molar-refractivity contribution < 1.29 is 32.7 Å². The molecule has 1 unspecified atom stereocenters. The summed E-state index contributed by atoms with van der Waals surface area (Å²) in [6.07, 6.45) is 2.60. The fourth-order valence-corrected chi connectivity index (χ4v) is 1.17. The summed E-state index contributed by atoms with van der Waals surface area (Å²) in [7, 11) is 0. The van der Waals surface area contributed by atoms with Gasteiger partial charge in [0.15, 0.2) is 0 Å². The van der Waals surface area contributed by atoms with Gasteiger partial charge in [0.25, 0.3) is 0 Å². The summed E-state index contributed by atoms with van der Waals surface area (Å²) < 4.78 is 0. The largest absolute Gasteiger partial charge is 0.658 e. The van der Waals surface area contributed by atoms with E-state index >= 15 is 0 Å². The second-order valence-electron chi connectivity index (χ2n) is 2.51. The molecular weight excluding hydrogens is 201 g/mol. The Morgan fingerprint density at radius 2 is 2.40 bits per heavy atom. The quantitative estimate of drug-likeness (QED) is 0.751. The molecule has 0 aliphatic carbocycles. The molecule has 0 aromatic rings. The molecule has 1 aliphatic heterocycles. The van der Waals surface area contributed by atoms with Crippen molar-refractivity contribution in [3.8, 4) is 0 Å². The summed E-state index contributed by atoms with van der Waals surface area (Å²) in [5.41, 5.74) is 0. The maximum Gasteiger partial charge on any atom is 0 e. The summed E-state index contributed by atoms with van der Waals surface area (Å²) in [6, 6.07) is 0.630. The zero-order valence-corrected chi connectivity index (χ0v) is 9.48. The van der Waals surface area contributed by atoms with Crippen molar-refractivity contribution in [1.29, 1.82) is 0 Å². The van der Waals surface area contributed by atoms with Gasteiger partial charge in [0.05, 0.1) is 0 Å². The van der Waals surface area contributed by atoms with Crippen LogP contribution in [0.3, 0.4) is 0 Å². The Bertz CT molecular complexity index is 72.0. The van der Waals surface area contributed by atoms with Crippen LogP contribution in [0.15, 0.2) is 0 Å². The SMILES string of the molecule is CCNCC1CCC[N-]1.[Y]. The molecule has 1 saturated heterocycles. The molecule has 0 amide bonds. The number of hydrogen-bond donors (Lipinski definition) is 1. The molecule has 57 valence electrons. The van der Waals surface area contributed by atoms with Gasteiger partial charge in [-0.1, -0.05) is 19.8 Å². The summed E-state index contributed by atoms with van der Waals surface area (Å²) >= 11 is 0. The van der Waals surface area contributed by atoms with E-state index in [1.54, 1.807) is 0 Å². The molecule has 0 aromatic carbocycles. The molecule has 1 aliphatic rings. The smallest absolute Gasteiger partial charge is 0 e. The Labute approximate surface area is 88.4 Å². The Morgan fingerprint density at radius 1 is 1.60 bits per heavy atom. The van der Waals surface area contributed by atoms with Gasteiger partial charge >= 0.3 is 0 Å². The molecule has 0 spiro atoms. The minimum atomic E-state index is 0. The van der Waals surface area contributed by atoms with Crippen LogP contribution in [0.5, 0.6) is 0 Å². The predicted molar refractivity (Wildman–Crippen MR) is 39.8 cm³/mol. The molecule has 1 N–H and O–H groups in total. The van der Waals surface area contributed by atoms with Gasteiger partial charge in [0.2, 0.25) is 0 Å². The van der Waals surface area contributed by atoms with Crippen LogP contribution in [0, 0.1) is 0 Å². The first-order valence-corrected chi connectivity index (χ1v) is 3.81. The van der Waals surface area contributed by atoms with Crippen molar-refractivity contribution in [2.45, 2.75) is 25.8 Å². The first kappa shape index (κ1) is 11.0. The van der Waals surface area contributed by atoms with E-state index in [2.05, 4.69) is 17.6 Å². The molecule has 0 bridgehead atoms. The third-order valence-corrected chi connectivity index (χ3v) is 1.71. The fraction of sp³-hybridized carbons (Fsp3) is 1.00. The van der Waals surface area contributed by atoms with Crippen molar-refractivity contribution in [2.24, 2.45) is 0 Å². The maximum atomic E-state index is 4.41. The normalized spacial score (nSPS) is 24.3. The van der Waals surface area contributed by atoms with Gasteiger partial charge in [-0.05, 0) is 13.1 Å². The van der Waals surface area contributed by atoms with Gasteiger partial charge < -0.3 is 10.6 Å². The van der Waals surface area contributed by atoms with E-state index in [-0.39, 0.29) is 32.7 Å². The number of rotatable bonds is 3. The average molecular weight is 216 g/mol. The molecule has 1 radical (unpaired) electrons. The van der Waals surface area contributed by atoms with Crippen molar-refractivity contribution in [3.63, 3.8) is 0 Å². The third-order valence-electron chi connectivity index (χ3n) is 1.71. The molecule has 10 heavy (non-hydrogen) atoms. The Morgan fingerprint density at radius 3 is 2.90 bits per heavy atom. The van der Waals surface area contributed by atoms with Crippen LogP contribution in [-0.2, 0) is 32.7 Å². The number of nitrogens with one attached hydrogen (secondary N) is 1. The van der Waals surface area contributed by atoms with E-state index in [4.69, 9.17) is 0 Å². The van der Waals surface area contributed by atoms with Gasteiger partial charge in [-0.3, -0.25) is 0 Å². The molecule has 1 atom stereocenters. The summed E-state index contributed by atoms with van der Waals surface area (Å²) in [6.45, 7) is 5.40. The van der Waals surface area contributed by atoms with E-state index < -0.39 is 0 Å². The third kappa shape index (κ3) is 4.02. The van der Waals surface area contributed by atoms with Gasteiger partial charge in [-0.2, -0.15) is 0 Å². The van der Waals surface area contributed by atoms with Crippen molar-refractivity contribution >= 4 is 0 Å². The monoisotopic (exact) mass is 216 g/mol. The first-order valence-electron chi connectivity index (χ1n) is 3.81. The molecule has 1 rings (SSSR count). The van der Waals surface area contributed by atoms with E-state index in [1.807, 2.05) is 0 Å². The topological polar surface area (TPSA) is 26.1 Å². The van der Waals surface area contributed by atoms with Gasteiger partial charge in [-0.15, -0.1) is 12.6 Å². The van der Waals surface area contributed by atoms with Crippen LogP contribution in [0.25, 0.3) is 5.32 Å². The van der Waals surface area contributed by atoms with Gasteiger partial charge in [0.1, 0.15) is 0 Å². The number of hydrogen-bond acceptors (Lipinski definition) is 1. The molecule has 3 heteroatoms. The summed E-state index contributed by atoms with van der Waals surface area (Å²) in [4.78, 5) is 0. The fourth-order valence-electron chi connectivity index (χ4n) is 1.17. The Kier molecular flexibility index (Phi) is 7.40. The zero-order chi connectivity index (χ0) is 6.53. The van der Waals surface area contributed by atoms with Gasteiger partial charge in [-0.25, -0.2) is 0 Å². The summed E-state index contributed by atoms with van der Waals surface area (Å²) in [5.74, 6) is 0. The predicted octanol–water partition coefficient (Wildman–Crippen LogP) is 1.13. The molecule has 2 nitrogen and oxygen atoms in total. The van der Waals surface area contributed by atoms with Crippen molar-refractivity contribution in [3.05, 3.63) is 5.32 Å². The second kappa shape index (κ2) is 6.72. The molecular formula is C7H15N2Y-. The van der Waals surface area contributed by atoms with Crippen LogP contribution < -0.4 is 5.32 Å². The Balaban J connectivity index is 0.000000810. The molecule has 0 aromatic heterocycles. The van der Waals surface area contributed by atoms with E-state index in [0.29, 0.717) is 6.04 Å². The first-order chi connectivity index (χ1) is 4.43. The second-order valence-corrected chi connectivity index (χ2v) is 2.51. The van der Waals surface area contributed by atoms with Crippen LogP contribution >= 0.6 is 0 Å². The molecule has 1 fully saturated rings. The van der Waals surface area contributed by atoms with E-state index in [9.17, 15) is 0 Å². The van der Waals surface area contributed by atoms with Crippen LogP contribution in [0.1, 0.15) is 19.8 Å². The standard InChI is InChI=1S/C7H15N2.Y/c1-2-8-6-7-4-3-5-9-7;/h7-8H,2-6H2,1H3;/q-1;.